The highest BCUT2D eigenvalue weighted by Gasteiger charge is 2.27. The molecule has 0 aromatic heterocycles. The molecule has 0 radical (unpaired) electrons. The molecule has 0 atom stereocenters. The van der Waals surface area contributed by atoms with Crippen molar-refractivity contribution in [1.29, 1.82) is 0 Å². The van der Waals surface area contributed by atoms with Gasteiger partial charge in [0.1, 0.15) is 44.2 Å². The predicted octanol–water partition coefficient (Wildman–Crippen LogP) is 3.08. The van der Waals surface area contributed by atoms with Gasteiger partial charge in [0.05, 0.1) is 55.2 Å². The summed E-state index contributed by atoms with van der Waals surface area (Å²) in [6, 6.07) is 9.11. The molecule has 0 unspecified atom stereocenters. The topological polar surface area (TPSA) is 404 Å². The molecule has 0 heterocycles. The SMILES string of the molecule is COc1cc(/N=N/c2c(S(=O)(=O)O)cc3c(/N=N/c4ccc(S(=O)(=O)CCOS(=O)(=O)O)cc4)c(NCS(=O)(=O)O)ccc3c2OC)c(O)cc1S(=O)(=O)CCOS(=O)(=O)O. The molecule has 0 fully saturated rings. The number of benzene rings is 4. The Morgan fingerprint density at radius 3 is 1.70 bits per heavy atom. The van der Waals surface area contributed by atoms with E-state index in [2.05, 4.69) is 34.1 Å². The summed E-state index contributed by atoms with van der Waals surface area (Å²) in [5.41, 5.74) is -1.87. The number of methoxy groups -OCH3 is 2. The van der Waals surface area contributed by atoms with E-state index in [9.17, 15) is 64.7 Å². The van der Waals surface area contributed by atoms with Gasteiger partial charge in [0, 0.05) is 22.9 Å². The Kier molecular flexibility index (Phi) is 14.8. The number of azo groups is 2. The highest BCUT2D eigenvalue weighted by molar-refractivity contribution is 7.92. The van der Waals surface area contributed by atoms with E-state index in [4.69, 9.17) is 18.6 Å². The van der Waals surface area contributed by atoms with Crippen molar-refractivity contribution in [3.8, 4) is 17.2 Å². The van der Waals surface area contributed by atoms with Crippen molar-refractivity contribution in [3.05, 3.63) is 54.6 Å². The van der Waals surface area contributed by atoms with Gasteiger partial charge < -0.3 is 19.9 Å². The summed E-state index contributed by atoms with van der Waals surface area (Å²) < 4.78 is 199. The normalized spacial score (nSPS) is 13.3. The Hall–Kier alpha value is -5.00. The van der Waals surface area contributed by atoms with Crippen molar-refractivity contribution in [3.63, 3.8) is 0 Å². The second-order valence-corrected chi connectivity index (χ2v) is 20.9. The molecule has 0 aliphatic rings. The number of nitrogens with one attached hydrogen (secondary N) is 1. The minimum absolute atomic E-state index is 0.0564. The molecule has 0 bridgehead atoms. The fourth-order valence-electron chi connectivity index (χ4n) is 4.99. The molecule has 0 saturated carbocycles. The second-order valence-electron chi connectivity index (χ2n) is 11.7. The van der Waals surface area contributed by atoms with Crippen molar-refractivity contribution in [2.24, 2.45) is 20.5 Å². The van der Waals surface area contributed by atoms with Crippen LogP contribution in [0.1, 0.15) is 0 Å². The van der Waals surface area contributed by atoms with E-state index in [1.807, 2.05) is 0 Å². The fourth-order valence-corrected chi connectivity index (χ4v) is 9.12. The molecule has 0 aliphatic heterocycles. The van der Waals surface area contributed by atoms with Crippen molar-refractivity contribution in [2.45, 2.75) is 14.7 Å². The van der Waals surface area contributed by atoms with Crippen LogP contribution in [0, 0.1) is 0 Å². The van der Waals surface area contributed by atoms with Crippen LogP contribution in [0.2, 0.25) is 0 Å². The molecule has 0 amide bonds. The lowest BCUT2D eigenvalue weighted by molar-refractivity contribution is 0.282. The van der Waals surface area contributed by atoms with E-state index in [1.54, 1.807) is 0 Å². The van der Waals surface area contributed by atoms with Crippen LogP contribution >= 0.6 is 0 Å². The number of phenols is 1. The third kappa shape index (κ3) is 13.2. The zero-order valence-electron chi connectivity index (χ0n) is 30.7. The summed E-state index contributed by atoms with van der Waals surface area (Å²) in [5.74, 6) is -4.77. The predicted molar refractivity (Wildman–Crippen MR) is 209 cm³/mol. The molecule has 0 aliphatic carbocycles. The number of fused-ring (bicyclic) bond motifs is 1. The first-order chi connectivity index (χ1) is 28.0. The summed E-state index contributed by atoms with van der Waals surface area (Å²) in [5, 5.41) is 28.5. The van der Waals surface area contributed by atoms with E-state index in [1.165, 1.54) is 12.1 Å². The monoisotopic (exact) mass is 977 g/mol. The third-order valence-electron chi connectivity index (χ3n) is 7.60. The maximum atomic E-state index is 12.9. The molecule has 4 aromatic carbocycles. The molecule has 26 nitrogen and oxygen atoms in total. The first-order valence-corrected chi connectivity index (χ1v) is 25.0. The number of hydrogen-bond donors (Lipinski definition) is 6. The van der Waals surface area contributed by atoms with E-state index < -0.39 is 130 Å². The fraction of sp³-hybridized carbons (Fsp3) is 0.241. The molecule has 0 spiro atoms. The lowest BCUT2D eigenvalue weighted by Gasteiger charge is -2.16. The van der Waals surface area contributed by atoms with Gasteiger partial charge in [-0.3, -0.25) is 18.2 Å². The quantitative estimate of drug-likeness (QED) is 0.0547. The molecular formula is C29H31N5O21S6. The summed E-state index contributed by atoms with van der Waals surface area (Å²) in [6.07, 6.45) is 0. The third-order valence-corrected chi connectivity index (χ3v) is 13.3. The molecule has 32 heteroatoms. The average molecular weight is 978 g/mol. The van der Waals surface area contributed by atoms with Gasteiger partial charge in [-0.25, -0.2) is 25.2 Å². The zero-order chi connectivity index (χ0) is 45.8. The van der Waals surface area contributed by atoms with E-state index in [0.29, 0.717) is 6.07 Å². The van der Waals surface area contributed by atoms with Gasteiger partial charge in [-0.2, -0.15) is 38.8 Å². The summed E-state index contributed by atoms with van der Waals surface area (Å²) >= 11 is 0. The van der Waals surface area contributed by atoms with Gasteiger partial charge >= 0.3 is 20.8 Å². The summed E-state index contributed by atoms with van der Waals surface area (Å²) in [7, 11) is -26.4. The van der Waals surface area contributed by atoms with Crippen LogP contribution < -0.4 is 14.8 Å². The van der Waals surface area contributed by atoms with Gasteiger partial charge in [0.2, 0.25) is 0 Å². The highest BCUT2D eigenvalue weighted by atomic mass is 32.3. The van der Waals surface area contributed by atoms with Crippen molar-refractivity contribution in [1.82, 2.24) is 0 Å². The van der Waals surface area contributed by atoms with Crippen molar-refractivity contribution in [2.75, 3.05) is 50.1 Å². The molecule has 4 aromatic rings. The Morgan fingerprint density at radius 2 is 1.18 bits per heavy atom. The number of nitrogens with zero attached hydrogens (tertiary/aromatic N) is 4. The minimum Gasteiger partial charge on any atom is -0.506 e. The van der Waals surface area contributed by atoms with Crippen LogP contribution in [-0.2, 0) is 69.1 Å². The van der Waals surface area contributed by atoms with E-state index in [0.717, 1.165) is 50.6 Å². The number of phenolic OH excluding ortho intramolecular Hbond substituents is 1. The van der Waals surface area contributed by atoms with Gasteiger partial charge in [-0.15, -0.1) is 15.3 Å². The lowest BCUT2D eigenvalue weighted by atomic mass is 10.0. The molecular weight excluding hydrogens is 947 g/mol. The number of hydrogen-bond acceptors (Lipinski definition) is 22. The molecule has 61 heavy (non-hydrogen) atoms. The summed E-state index contributed by atoms with van der Waals surface area (Å²) in [6.45, 7) is -1.92. The van der Waals surface area contributed by atoms with E-state index >= 15 is 0 Å². The Balaban J connectivity index is 1.85. The molecule has 6 N–H and O–H groups in total. The number of rotatable bonds is 20. The Labute approximate surface area is 347 Å². The summed E-state index contributed by atoms with van der Waals surface area (Å²) in [4.78, 5) is -2.04. The van der Waals surface area contributed by atoms with Crippen LogP contribution in [0.5, 0.6) is 17.2 Å². The maximum absolute atomic E-state index is 12.9. The van der Waals surface area contributed by atoms with Crippen LogP contribution in [0.15, 0.2) is 89.7 Å². The number of aromatic hydroxyl groups is 1. The first-order valence-electron chi connectivity index (χ1n) is 15.9. The molecule has 334 valence electrons. The highest BCUT2D eigenvalue weighted by Crippen LogP contribution is 2.48. The number of anilines is 1. The van der Waals surface area contributed by atoms with Crippen LogP contribution in [0.3, 0.4) is 0 Å². The zero-order valence-corrected chi connectivity index (χ0v) is 35.6. The van der Waals surface area contributed by atoms with Crippen molar-refractivity contribution < 1.29 is 91.7 Å². The standard InChI is InChI=1S/C29H31N5O21S6/c1-52-24-14-22(23(35)15-25(24)57(38,39)12-10-55-61(49,50)51)32-34-28-26(59(43,44)45)13-20-19(29(28)53-2)7-8-21(30-16-58(40,41)42)27(20)33-31-17-3-5-18(6-4-17)56(36,37)11-9-54-60(46,47)48/h3-8,13-15,30,35H,9-12,16H2,1-2H3,(H,40,41,42)(H,43,44,45)(H,46,47,48)(H,49,50,51)/b33-31+,34-32+. The Bertz CT molecular complexity index is 3090. The second kappa shape index (κ2) is 18.5. The first kappa shape index (κ1) is 48.7. The molecule has 0 saturated heterocycles. The average Bonchev–Trinajstić information content (AvgIpc) is 3.13. The van der Waals surface area contributed by atoms with E-state index in [-0.39, 0.29) is 32.7 Å². The van der Waals surface area contributed by atoms with Crippen LogP contribution in [-0.4, -0.2) is 119 Å². The Morgan fingerprint density at radius 1 is 0.607 bits per heavy atom. The minimum atomic E-state index is -5.31. The van der Waals surface area contributed by atoms with Gasteiger partial charge in [-0.1, -0.05) is 0 Å². The van der Waals surface area contributed by atoms with Gasteiger partial charge in [-0.05, 0) is 42.5 Å². The van der Waals surface area contributed by atoms with Crippen LogP contribution in [0.4, 0.5) is 28.4 Å². The lowest BCUT2D eigenvalue weighted by Crippen LogP contribution is -2.16. The number of sulfone groups is 2. The smallest absolute Gasteiger partial charge is 0.397 e. The molecule has 4 rings (SSSR count). The van der Waals surface area contributed by atoms with Crippen LogP contribution in [0.25, 0.3) is 10.8 Å². The van der Waals surface area contributed by atoms with Gasteiger partial charge in [0.25, 0.3) is 20.2 Å². The van der Waals surface area contributed by atoms with Gasteiger partial charge in [0.15, 0.2) is 25.4 Å². The van der Waals surface area contributed by atoms with Crippen molar-refractivity contribution >= 4 is 99.9 Å². The maximum Gasteiger partial charge on any atom is 0.397 e. The number of ether oxygens (including phenoxy) is 2. The largest absolute Gasteiger partial charge is 0.506 e.